The van der Waals surface area contributed by atoms with Crippen molar-refractivity contribution in [3.63, 3.8) is 0 Å². The van der Waals surface area contributed by atoms with Crippen LogP contribution in [0, 0.1) is 0 Å². The van der Waals surface area contributed by atoms with E-state index in [0.717, 1.165) is 0 Å². The maximum absolute atomic E-state index is 11.0. The fraction of sp³-hybridized carbons (Fsp3) is 0.500. The van der Waals surface area contributed by atoms with E-state index in [1.165, 1.54) is 0 Å². The Morgan fingerprint density at radius 1 is 1.71 bits per heavy atom. The molecule has 0 aliphatic heterocycles. The minimum atomic E-state index is -0.696. The van der Waals surface area contributed by atoms with Gasteiger partial charge in [0.2, 0.25) is 5.91 Å². The highest BCUT2D eigenvalue weighted by molar-refractivity contribution is 5.92. The van der Waals surface area contributed by atoms with E-state index < -0.39 is 6.10 Å². The van der Waals surface area contributed by atoms with Gasteiger partial charge in [-0.2, -0.15) is 0 Å². The van der Waals surface area contributed by atoms with Crippen LogP contribution < -0.4 is 5.32 Å². The van der Waals surface area contributed by atoms with Crippen molar-refractivity contribution in [3.8, 4) is 0 Å². The molecule has 1 amide bonds. The van der Waals surface area contributed by atoms with Gasteiger partial charge in [-0.1, -0.05) is 12.7 Å². The van der Waals surface area contributed by atoms with Crippen molar-refractivity contribution >= 4 is 5.91 Å². The van der Waals surface area contributed by atoms with Gasteiger partial charge in [-0.15, -0.1) is 6.58 Å². The zero-order valence-electron chi connectivity index (χ0n) is 8.45. The van der Waals surface area contributed by atoms with Gasteiger partial charge in [-0.05, 0) is 6.92 Å². The Kier molecular flexibility index (Phi) is 6.70. The van der Waals surface area contributed by atoms with Gasteiger partial charge in [-0.3, -0.25) is 4.79 Å². The van der Waals surface area contributed by atoms with E-state index in [1.807, 2.05) is 0 Å². The summed E-state index contributed by atoms with van der Waals surface area (Å²) >= 11 is 0. The summed E-state index contributed by atoms with van der Waals surface area (Å²) in [6.45, 7) is 9.29. The van der Waals surface area contributed by atoms with Gasteiger partial charge in [0.1, 0.15) is 0 Å². The minimum Gasteiger partial charge on any atom is -0.389 e. The molecule has 0 saturated heterocycles. The summed E-state index contributed by atoms with van der Waals surface area (Å²) in [5.41, 5.74) is 0.421. The third kappa shape index (κ3) is 6.39. The molecular weight excluding hydrogens is 182 g/mol. The van der Waals surface area contributed by atoms with Crippen LogP contribution in [-0.4, -0.2) is 36.9 Å². The second-order valence-electron chi connectivity index (χ2n) is 2.97. The van der Waals surface area contributed by atoms with Gasteiger partial charge in [0, 0.05) is 12.1 Å². The number of aliphatic hydroxyl groups is 1. The van der Waals surface area contributed by atoms with Crippen LogP contribution in [0.5, 0.6) is 0 Å². The lowest BCUT2D eigenvalue weighted by Gasteiger charge is -2.11. The first-order valence-electron chi connectivity index (χ1n) is 4.38. The molecule has 0 aromatic carbocycles. The first-order valence-corrected chi connectivity index (χ1v) is 4.38. The molecule has 0 heterocycles. The van der Waals surface area contributed by atoms with Crippen molar-refractivity contribution in [2.45, 2.75) is 13.0 Å². The number of carbonyl (C=O) groups is 1. The summed E-state index contributed by atoms with van der Waals surface area (Å²) in [5, 5.41) is 11.8. The van der Waals surface area contributed by atoms with Gasteiger partial charge in [0.25, 0.3) is 0 Å². The van der Waals surface area contributed by atoms with Crippen molar-refractivity contribution in [1.29, 1.82) is 0 Å². The van der Waals surface area contributed by atoms with E-state index in [4.69, 9.17) is 4.74 Å². The average Bonchev–Trinajstić information content (AvgIpc) is 2.14. The summed E-state index contributed by atoms with van der Waals surface area (Å²) in [7, 11) is 0. The third-order valence-corrected chi connectivity index (χ3v) is 1.43. The molecule has 0 spiro atoms. The predicted octanol–water partition coefficient (Wildman–Crippen LogP) is 0.242. The summed E-state index contributed by atoms with van der Waals surface area (Å²) in [4.78, 5) is 11.0. The monoisotopic (exact) mass is 199 g/mol. The van der Waals surface area contributed by atoms with Crippen LogP contribution in [0.1, 0.15) is 6.92 Å². The van der Waals surface area contributed by atoms with Crippen LogP contribution in [-0.2, 0) is 9.53 Å². The third-order valence-electron chi connectivity index (χ3n) is 1.43. The molecule has 0 aliphatic carbocycles. The van der Waals surface area contributed by atoms with Crippen LogP contribution in [0.4, 0.5) is 0 Å². The molecule has 0 saturated carbocycles. The SMILES string of the molecule is C=CCOCC(O)CNC(=O)C(=C)C. The lowest BCUT2D eigenvalue weighted by molar-refractivity contribution is -0.118. The van der Waals surface area contributed by atoms with Gasteiger partial charge < -0.3 is 15.2 Å². The molecule has 1 atom stereocenters. The predicted molar refractivity (Wildman–Crippen MR) is 54.8 cm³/mol. The van der Waals surface area contributed by atoms with E-state index >= 15 is 0 Å². The molecule has 1 unspecified atom stereocenters. The van der Waals surface area contributed by atoms with Crippen LogP contribution in [0.15, 0.2) is 24.8 Å². The zero-order valence-corrected chi connectivity index (χ0v) is 8.45. The Balaban J connectivity index is 3.52. The van der Waals surface area contributed by atoms with Crippen molar-refractivity contribution in [1.82, 2.24) is 5.32 Å². The van der Waals surface area contributed by atoms with Crippen molar-refractivity contribution in [3.05, 3.63) is 24.8 Å². The first kappa shape index (κ1) is 12.9. The number of hydrogen-bond acceptors (Lipinski definition) is 3. The largest absolute Gasteiger partial charge is 0.389 e. The molecule has 0 rings (SSSR count). The van der Waals surface area contributed by atoms with Gasteiger partial charge >= 0.3 is 0 Å². The van der Waals surface area contributed by atoms with Crippen LogP contribution in [0.3, 0.4) is 0 Å². The van der Waals surface area contributed by atoms with Crippen LogP contribution in [0.25, 0.3) is 0 Å². The van der Waals surface area contributed by atoms with E-state index in [0.29, 0.717) is 12.2 Å². The molecule has 2 N–H and O–H groups in total. The first-order chi connectivity index (χ1) is 6.57. The number of rotatable bonds is 7. The maximum Gasteiger partial charge on any atom is 0.246 e. The summed E-state index contributed by atoms with van der Waals surface area (Å²) < 4.78 is 5.00. The van der Waals surface area contributed by atoms with Crippen molar-refractivity contribution in [2.24, 2.45) is 0 Å². The summed E-state index contributed by atoms with van der Waals surface area (Å²) in [6.07, 6.45) is 0.900. The maximum atomic E-state index is 11.0. The van der Waals surface area contributed by atoms with Crippen LogP contribution >= 0.6 is 0 Å². The Bertz CT molecular complexity index is 213. The van der Waals surface area contributed by atoms with E-state index in [1.54, 1.807) is 13.0 Å². The highest BCUT2D eigenvalue weighted by Gasteiger charge is 2.06. The number of amides is 1. The van der Waals surface area contributed by atoms with Crippen molar-refractivity contribution < 1.29 is 14.6 Å². The normalized spacial score (nSPS) is 11.9. The molecule has 0 aliphatic rings. The number of carbonyl (C=O) groups excluding carboxylic acids is 1. The molecular formula is C10H17NO3. The lowest BCUT2D eigenvalue weighted by atomic mass is 10.3. The number of aliphatic hydroxyl groups excluding tert-OH is 1. The van der Waals surface area contributed by atoms with E-state index in [-0.39, 0.29) is 19.1 Å². The topological polar surface area (TPSA) is 58.6 Å². The fourth-order valence-electron chi connectivity index (χ4n) is 0.708. The second kappa shape index (κ2) is 7.29. The quantitative estimate of drug-likeness (QED) is 0.351. The molecule has 80 valence electrons. The lowest BCUT2D eigenvalue weighted by Crippen LogP contribution is -2.34. The Hall–Kier alpha value is -1.13. The standard InChI is InChI=1S/C10H17NO3/c1-4-5-14-7-9(12)6-11-10(13)8(2)3/h4,9,12H,1-2,5-7H2,3H3,(H,11,13). The number of ether oxygens (including phenoxy) is 1. The molecule has 14 heavy (non-hydrogen) atoms. The van der Waals surface area contributed by atoms with Crippen molar-refractivity contribution in [2.75, 3.05) is 19.8 Å². The zero-order chi connectivity index (χ0) is 11.0. The average molecular weight is 199 g/mol. The summed E-state index contributed by atoms with van der Waals surface area (Å²) in [6, 6.07) is 0. The highest BCUT2D eigenvalue weighted by atomic mass is 16.5. The molecule has 0 aromatic heterocycles. The molecule has 4 nitrogen and oxygen atoms in total. The number of nitrogens with one attached hydrogen (secondary N) is 1. The van der Waals surface area contributed by atoms with Gasteiger partial charge in [-0.25, -0.2) is 0 Å². The molecule has 0 aromatic rings. The summed E-state index contributed by atoms with van der Waals surface area (Å²) in [5.74, 6) is -0.257. The molecule has 0 fully saturated rings. The smallest absolute Gasteiger partial charge is 0.246 e. The highest BCUT2D eigenvalue weighted by Crippen LogP contribution is 1.88. The molecule has 0 radical (unpaired) electrons. The van der Waals surface area contributed by atoms with E-state index in [2.05, 4.69) is 18.5 Å². The van der Waals surface area contributed by atoms with Gasteiger partial charge in [0.05, 0.1) is 19.3 Å². The fourth-order valence-corrected chi connectivity index (χ4v) is 0.708. The van der Waals surface area contributed by atoms with E-state index in [9.17, 15) is 9.90 Å². The Labute approximate surface area is 84.3 Å². The van der Waals surface area contributed by atoms with Gasteiger partial charge in [0.15, 0.2) is 0 Å². The van der Waals surface area contributed by atoms with Crippen LogP contribution in [0.2, 0.25) is 0 Å². The Morgan fingerprint density at radius 2 is 2.36 bits per heavy atom. The minimum absolute atomic E-state index is 0.169. The second-order valence-corrected chi connectivity index (χ2v) is 2.97. The molecule has 4 heteroatoms. The number of hydrogen-bond donors (Lipinski definition) is 2. The molecule has 0 bridgehead atoms. The Morgan fingerprint density at radius 3 is 2.86 bits per heavy atom.